The quantitative estimate of drug-likeness (QED) is 0.0299. The number of aliphatic hydroxyl groups is 1. The van der Waals surface area contributed by atoms with E-state index in [1.165, 1.54) is 19.9 Å². The zero-order valence-electron chi connectivity index (χ0n) is 41.8. The summed E-state index contributed by atoms with van der Waals surface area (Å²) >= 11 is 0. The largest absolute Gasteiger partial charge is 0.480 e. The Labute approximate surface area is 423 Å². The molecule has 7 amide bonds. The van der Waals surface area contributed by atoms with Gasteiger partial charge in [0, 0.05) is 32.5 Å². The van der Waals surface area contributed by atoms with Crippen LogP contribution in [-0.2, 0) is 54.3 Å². The maximum absolute atomic E-state index is 14.3. The van der Waals surface area contributed by atoms with Crippen LogP contribution in [0.4, 0.5) is 0 Å². The SMILES string of the molecule is CO[C@@H](Cc1ccccc1)[C@@H](C)/C=C(C)/C=C/C1NC(=O)C(CCCN=C(N)N)NC(=O)CC(C(=O)O)NC(=O)[C@H](CCCN=C(N)N)NC(=O)[C@@H](C)NC(=O)C(CO)NC(=O)CC[C@H](C(=O)O)NC(=O)[C@H]1C. The van der Waals surface area contributed by atoms with Crippen LogP contribution in [-0.4, -0.2) is 156 Å². The van der Waals surface area contributed by atoms with Gasteiger partial charge in [-0.05, 0) is 57.9 Å². The number of carboxylic acids is 2. The van der Waals surface area contributed by atoms with Gasteiger partial charge in [0.15, 0.2) is 11.9 Å². The Kier molecular flexibility index (Phi) is 26.7. The number of nitrogens with one attached hydrogen (secondary N) is 7. The number of allylic oxidation sites excluding steroid dienone is 2. The average Bonchev–Trinajstić information content (AvgIpc) is 3.33. The number of nitrogens with zero attached hydrogens (tertiary/aromatic N) is 2. The first kappa shape index (κ1) is 61.5. The maximum Gasteiger partial charge on any atom is 0.326 e. The van der Waals surface area contributed by atoms with Crippen LogP contribution in [0.15, 0.2) is 64.1 Å². The van der Waals surface area contributed by atoms with Crippen LogP contribution in [0.25, 0.3) is 0 Å². The van der Waals surface area contributed by atoms with Crippen molar-refractivity contribution in [2.24, 2.45) is 44.8 Å². The average molecular weight is 1030 g/mol. The number of guanidine groups is 2. The van der Waals surface area contributed by atoms with Crippen LogP contribution < -0.4 is 60.2 Å². The standard InChI is InChI=1S/C47H73N13O13/c1-25(21-26(2)36(73-5)22-29-11-7-6-8-12-29)15-16-30-27(3)39(64)59-33(44(69)70)17-18-37(62)56-35(24-61)43(68)54-28(4)40(65)58-32(14-10-20-53-47(50)51)42(67)60-34(45(71)72)23-38(63)55-31(41(66)57-30)13-9-19-52-46(48)49/h6-8,11-12,15-16,21,26-28,30-36,61H,9-10,13-14,17-20,22-24H2,1-5H3,(H,54,68)(H,55,63)(H,56,62)(H,57,66)(H,58,65)(H,59,64)(H,60,67)(H,69,70)(H,71,72)(H4,48,49,52)(H4,50,51,53)/b16-15+,25-21+/t26-,27-,28+,30?,31?,32-,33+,34?,35?,36-/m0/s1. The molecule has 10 atom stereocenters. The van der Waals surface area contributed by atoms with Crippen molar-refractivity contribution < 1.29 is 63.2 Å². The van der Waals surface area contributed by atoms with Crippen molar-refractivity contribution in [3.05, 3.63) is 59.7 Å². The van der Waals surface area contributed by atoms with Gasteiger partial charge >= 0.3 is 11.9 Å². The molecule has 2 rings (SSSR count). The molecule has 0 aliphatic carbocycles. The van der Waals surface area contributed by atoms with E-state index in [1.807, 2.05) is 43.3 Å². The summed E-state index contributed by atoms with van der Waals surface area (Å²) in [7, 11) is 1.60. The zero-order valence-corrected chi connectivity index (χ0v) is 41.8. The van der Waals surface area contributed by atoms with E-state index in [-0.39, 0.29) is 62.7 Å². The third kappa shape index (κ3) is 23.0. The number of hydrogen-bond donors (Lipinski definition) is 14. The third-order valence-corrected chi connectivity index (χ3v) is 11.6. The zero-order chi connectivity index (χ0) is 54.8. The minimum Gasteiger partial charge on any atom is -0.480 e. The molecular weight excluding hydrogens is 955 g/mol. The number of amides is 7. The van der Waals surface area contributed by atoms with Crippen LogP contribution in [0.2, 0.25) is 0 Å². The second-order valence-corrected chi connectivity index (χ2v) is 17.6. The Morgan fingerprint density at radius 2 is 1.26 bits per heavy atom. The third-order valence-electron chi connectivity index (χ3n) is 11.6. The van der Waals surface area contributed by atoms with E-state index in [9.17, 15) is 58.5 Å². The predicted octanol–water partition coefficient (Wildman–Crippen LogP) is -3.12. The highest BCUT2D eigenvalue weighted by Crippen LogP contribution is 2.18. The molecule has 26 nitrogen and oxygen atoms in total. The minimum atomic E-state index is -1.93. The molecule has 1 aromatic carbocycles. The molecule has 1 fully saturated rings. The highest BCUT2D eigenvalue weighted by atomic mass is 16.5. The smallest absolute Gasteiger partial charge is 0.326 e. The van der Waals surface area contributed by atoms with Crippen molar-refractivity contribution in [2.75, 3.05) is 26.8 Å². The molecule has 1 heterocycles. The Morgan fingerprint density at radius 3 is 1.81 bits per heavy atom. The molecule has 26 heteroatoms. The van der Waals surface area contributed by atoms with Crippen LogP contribution >= 0.6 is 0 Å². The number of rotatable bonds is 18. The number of nitrogens with two attached hydrogens (primary N) is 4. The van der Waals surface area contributed by atoms with Crippen molar-refractivity contribution in [1.82, 2.24) is 37.2 Å². The topological polar surface area (TPSA) is 437 Å². The summed E-state index contributed by atoms with van der Waals surface area (Å²) in [6.45, 7) is 5.36. The van der Waals surface area contributed by atoms with E-state index in [4.69, 9.17) is 27.7 Å². The second kappa shape index (κ2) is 31.7. The molecule has 1 aliphatic heterocycles. The first-order valence-electron chi connectivity index (χ1n) is 23.7. The van der Waals surface area contributed by atoms with E-state index in [1.54, 1.807) is 20.1 Å². The number of ether oxygens (including phenoxy) is 1. The van der Waals surface area contributed by atoms with E-state index >= 15 is 0 Å². The van der Waals surface area contributed by atoms with Crippen molar-refractivity contribution >= 4 is 65.2 Å². The lowest BCUT2D eigenvalue weighted by atomic mass is 9.94. The number of aliphatic hydroxyl groups excluding tert-OH is 1. The fourth-order valence-electron chi connectivity index (χ4n) is 7.36. The second-order valence-electron chi connectivity index (χ2n) is 17.6. The van der Waals surface area contributed by atoms with Crippen molar-refractivity contribution in [3.8, 4) is 0 Å². The van der Waals surface area contributed by atoms with Gasteiger partial charge in [-0.15, -0.1) is 0 Å². The summed E-state index contributed by atoms with van der Waals surface area (Å²) in [5.74, 6) is -11.9. The van der Waals surface area contributed by atoms with Crippen LogP contribution in [0.3, 0.4) is 0 Å². The lowest BCUT2D eigenvalue weighted by Gasteiger charge is -2.27. The maximum atomic E-state index is 14.3. The number of aliphatic carboxylic acids is 2. The summed E-state index contributed by atoms with van der Waals surface area (Å²) in [4.78, 5) is 128. The molecular formula is C47H73N13O13. The molecule has 1 aliphatic rings. The van der Waals surface area contributed by atoms with Gasteiger partial charge in [0.05, 0.1) is 31.1 Å². The Balaban J connectivity index is 2.69. The Bertz CT molecular complexity index is 2180. The van der Waals surface area contributed by atoms with Crippen LogP contribution in [0.1, 0.15) is 78.2 Å². The fraction of sp³-hybridized carbons (Fsp3) is 0.553. The molecule has 73 heavy (non-hydrogen) atoms. The van der Waals surface area contributed by atoms with Gasteiger partial charge in [-0.3, -0.25) is 43.5 Å². The first-order chi connectivity index (χ1) is 34.4. The predicted molar refractivity (Wildman–Crippen MR) is 267 cm³/mol. The van der Waals surface area contributed by atoms with Crippen molar-refractivity contribution in [3.63, 3.8) is 0 Å². The molecule has 404 valence electrons. The van der Waals surface area contributed by atoms with Gasteiger partial charge in [-0.25, -0.2) is 9.59 Å². The summed E-state index contributed by atoms with van der Waals surface area (Å²) in [5.41, 5.74) is 23.5. The minimum absolute atomic E-state index is 0.000688. The van der Waals surface area contributed by atoms with Crippen molar-refractivity contribution in [1.29, 1.82) is 0 Å². The molecule has 0 saturated carbocycles. The van der Waals surface area contributed by atoms with Crippen LogP contribution in [0.5, 0.6) is 0 Å². The van der Waals surface area contributed by atoms with Crippen molar-refractivity contribution in [2.45, 2.75) is 127 Å². The molecule has 0 aromatic heterocycles. The summed E-state index contributed by atoms with van der Waals surface area (Å²) in [6.07, 6.45) is 3.27. The van der Waals surface area contributed by atoms with E-state index in [0.29, 0.717) is 12.0 Å². The molecule has 0 bridgehead atoms. The van der Waals surface area contributed by atoms with Gasteiger partial charge in [-0.2, -0.15) is 0 Å². The summed E-state index contributed by atoms with van der Waals surface area (Å²) in [6, 6.07) is -1.12. The number of methoxy groups -OCH3 is 1. The number of benzene rings is 1. The molecule has 0 radical (unpaired) electrons. The number of carboxylic acid groups (broad SMARTS) is 2. The van der Waals surface area contributed by atoms with Gasteiger partial charge < -0.3 is 80.2 Å². The van der Waals surface area contributed by atoms with E-state index in [2.05, 4.69) is 47.2 Å². The lowest BCUT2D eigenvalue weighted by molar-refractivity contribution is -0.144. The fourth-order valence-corrected chi connectivity index (χ4v) is 7.36. The monoisotopic (exact) mass is 1030 g/mol. The number of carbonyl (C=O) groups is 9. The first-order valence-corrected chi connectivity index (χ1v) is 23.7. The lowest BCUT2D eigenvalue weighted by Crippen LogP contribution is -2.58. The van der Waals surface area contributed by atoms with Gasteiger partial charge in [0.25, 0.3) is 0 Å². The van der Waals surface area contributed by atoms with Gasteiger partial charge in [0.2, 0.25) is 41.4 Å². The summed E-state index contributed by atoms with van der Waals surface area (Å²) < 4.78 is 5.80. The number of carbonyl (C=O) groups excluding carboxylic acids is 7. The molecule has 0 spiro atoms. The highest BCUT2D eigenvalue weighted by Gasteiger charge is 2.34. The van der Waals surface area contributed by atoms with Gasteiger partial charge in [0.1, 0.15) is 36.3 Å². The summed E-state index contributed by atoms with van der Waals surface area (Å²) in [5, 5.41) is 47.1. The Morgan fingerprint density at radius 1 is 0.726 bits per heavy atom. The molecule has 1 aromatic rings. The number of aliphatic imine (C=N–C) groups is 2. The molecule has 1 saturated heterocycles. The normalized spacial score (nSPS) is 24.6. The van der Waals surface area contributed by atoms with Gasteiger partial charge in [-0.1, -0.05) is 68.0 Å². The van der Waals surface area contributed by atoms with E-state index < -0.39 is 127 Å². The van der Waals surface area contributed by atoms with Crippen LogP contribution in [0, 0.1) is 11.8 Å². The Hall–Kier alpha value is -7.61. The number of hydrogen-bond acceptors (Lipinski definition) is 13. The highest BCUT2D eigenvalue weighted by molar-refractivity contribution is 5.96. The molecule has 18 N–H and O–H groups in total. The van der Waals surface area contributed by atoms with E-state index in [0.717, 1.165) is 5.56 Å². The molecule has 4 unspecified atom stereocenters.